The van der Waals surface area contributed by atoms with Gasteiger partial charge in [0.15, 0.2) is 0 Å². The van der Waals surface area contributed by atoms with Gasteiger partial charge in [0.2, 0.25) is 0 Å². The van der Waals surface area contributed by atoms with Crippen LogP contribution in [-0.4, -0.2) is 4.98 Å². The van der Waals surface area contributed by atoms with E-state index in [1.54, 1.807) is 12.3 Å². The number of rotatable bonds is 2. The molecule has 0 unspecified atom stereocenters. The topological polar surface area (TPSA) is 12.9 Å². The number of aromatic nitrogens is 1. The van der Waals surface area contributed by atoms with Crippen LogP contribution in [0, 0.1) is 12.7 Å². The van der Waals surface area contributed by atoms with Crippen molar-refractivity contribution in [2.24, 2.45) is 0 Å². The first-order valence-corrected chi connectivity index (χ1v) is 6.52. The third kappa shape index (κ3) is 2.45. The molecule has 3 aromatic rings. The van der Waals surface area contributed by atoms with E-state index in [0.717, 1.165) is 27.9 Å². The summed E-state index contributed by atoms with van der Waals surface area (Å²) >= 11 is 0. The van der Waals surface area contributed by atoms with E-state index in [1.165, 1.54) is 6.07 Å². The minimum atomic E-state index is -0.202. The van der Waals surface area contributed by atoms with Crippen molar-refractivity contribution < 1.29 is 4.39 Å². The highest BCUT2D eigenvalue weighted by atomic mass is 19.1. The fourth-order valence-corrected chi connectivity index (χ4v) is 2.33. The number of pyridine rings is 1. The van der Waals surface area contributed by atoms with Gasteiger partial charge < -0.3 is 0 Å². The lowest BCUT2D eigenvalue weighted by molar-refractivity contribution is 0.627. The molecule has 0 spiro atoms. The van der Waals surface area contributed by atoms with E-state index in [9.17, 15) is 4.39 Å². The molecule has 1 heterocycles. The minimum Gasteiger partial charge on any atom is -0.256 e. The molecule has 0 atom stereocenters. The molecule has 3 rings (SSSR count). The van der Waals surface area contributed by atoms with Crippen LogP contribution in [0.25, 0.3) is 22.4 Å². The first-order chi connectivity index (χ1) is 9.74. The van der Waals surface area contributed by atoms with Gasteiger partial charge in [-0.1, -0.05) is 30.3 Å². The van der Waals surface area contributed by atoms with E-state index in [4.69, 9.17) is 0 Å². The van der Waals surface area contributed by atoms with Crippen molar-refractivity contribution in [1.82, 2.24) is 4.98 Å². The maximum Gasteiger partial charge on any atom is 0.123 e. The molecule has 0 aliphatic heterocycles. The molecule has 0 saturated heterocycles. The van der Waals surface area contributed by atoms with E-state index < -0.39 is 0 Å². The molecule has 0 aliphatic rings. The molecule has 0 N–H and O–H groups in total. The van der Waals surface area contributed by atoms with Crippen molar-refractivity contribution in [3.8, 4) is 22.4 Å². The van der Waals surface area contributed by atoms with E-state index >= 15 is 0 Å². The molecule has 0 bridgehead atoms. The van der Waals surface area contributed by atoms with Gasteiger partial charge in [0.05, 0.1) is 5.69 Å². The Morgan fingerprint density at radius 3 is 2.45 bits per heavy atom. The highest BCUT2D eigenvalue weighted by Crippen LogP contribution is 2.27. The highest BCUT2D eigenvalue weighted by Gasteiger charge is 2.05. The third-order valence-electron chi connectivity index (χ3n) is 3.32. The number of hydrogen-bond acceptors (Lipinski definition) is 1. The van der Waals surface area contributed by atoms with Crippen LogP contribution >= 0.6 is 0 Å². The molecule has 0 aliphatic carbocycles. The Morgan fingerprint density at radius 2 is 1.70 bits per heavy atom. The maximum absolute atomic E-state index is 13.2. The quantitative estimate of drug-likeness (QED) is 0.643. The fourth-order valence-electron chi connectivity index (χ4n) is 2.33. The van der Waals surface area contributed by atoms with Gasteiger partial charge in [0.1, 0.15) is 5.82 Å². The van der Waals surface area contributed by atoms with Crippen molar-refractivity contribution in [3.05, 3.63) is 78.2 Å². The summed E-state index contributed by atoms with van der Waals surface area (Å²) in [6.45, 7) is 1.92. The van der Waals surface area contributed by atoms with E-state index in [2.05, 4.69) is 11.1 Å². The van der Waals surface area contributed by atoms with Crippen molar-refractivity contribution >= 4 is 0 Å². The van der Waals surface area contributed by atoms with Crippen LogP contribution in [0.15, 0.2) is 66.9 Å². The second kappa shape index (κ2) is 5.25. The van der Waals surface area contributed by atoms with Gasteiger partial charge in [-0.05, 0) is 53.9 Å². The Hall–Kier alpha value is -2.48. The number of nitrogens with zero attached hydrogens (tertiary/aromatic N) is 1. The largest absolute Gasteiger partial charge is 0.256 e. The summed E-state index contributed by atoms with van der Waals surface area (Å²) in [6.07, 6.45) is 1.78. The van der Waals surface area contributed by atoms with Crippen molar-refractivity contribution in [1.29, 1.82) is 0 Å². The first-order valence-electron chi connectivity index (χ1n) is 6.52. The third-order valence-corrected chi connectivity index (χ3v) is 3.32. The zero-order valence-electron chi connectivity index (χ0n) is 11.2. The Bertz CT molecular complexity index is 735. The van der Waals surface area contributed by atoms with Gasteiger partial charge in [0.25, 0.3) is 0 Å². The summed E-state index contributed by atoms with van der Waals surface area (Å²) in [5, 5.41) is 0. The van der Waals surface area contributed by atoms with Gasteiger partial charge in [-0.25, -0.2) is 4.39 Å². The van der Waals surface area contributed by atoms with Gasteiger partial charge in [-0.2, -0.15) is 0 Å². The Balaban J connectivity index is 2.08. The van der Waals surface area contributed by atoms with Gasteiger partial charge >= 0.3 is 0 Å². The second-order valence-corrected chi connectivity index (χ2v) is 4.76. The predicted octanol–water partition coefficient (Wildman–Crippen LogP) is 4.86. The summed E-state index contributed by atoms with van der Waals surface area (Å²) in [5.74, 6) is -0.202. The lowest BCUT2D eigenvalue weighted by Crippen LogP contribution is -1.87. The zero-order chi connectivity index (χ0) is 13.9. The zero-order valence-corrected chi connectivity index (χ0v) is 11.2. The summed E-state index contributed by atoms with van der Waals surface area (Å²) in [7, 11) is 0. The van der Waals surface area contributed by atoms with Crippen LogP contribution in [0.1, 0.15) is 5.56 Å². The average Bonchev–Trinajstić information content (AvgIpc) is 2.48. The number of aryl methyl sites for hydroxylation is 1. The summed E-state index contributed by atoms with van der Waals surface area (Å²) in [4.78, 5) is 4.36. The van der Waals surface area contributed by atoms with Crippen LogP contribution in [-0.2, 0) is 0 Å². The van der Waals surface area contributed by atoms with Gasteiger partial charge in [-0.3, -0.25) is 4.98 Å². The lowest BCUT2D eigenvalue weighted by Gasteiger charge is -2.08. The molecule has 98 valence electrons. The molecule has 1 aromatic heterocycles. The molecule has 0 radical (unpaired) electrons. The van der Waals surface area contributed by atoms with E-state index in [-0.39, 0.29) is 5.82 Å². The van der Waals surface area contributed by atoms with Gasteiger partial charge in [0, 0.05) is 11.8 Å². The minimum absolute atomic E-state index is 0.202. The molecule has 2 heteroatoms. The van der Waals surface area contributed by atoms with Crippen molar-refractivity contribution in [2.75, 3.05) is 0 Å². The molecule has 20 heavy (non-hydrogen) atoms. The SMILES string of the molecule is Cc1cc(F)ccc1-c1cccc(-c2ccccn2)c1. The van der Waals surface area contributed by atoms with Gasteiger partial charge in [-0.15, -0.1) is 0 Å². The standard InChI is InChI=1S/C18H14FN/c1-13-11-16(19)8-9-17(13)14-5-4-6-15(12-14)18-7-2-3-10-20-18/h2-12H,1H3. The first kappa shape index (κ1) is 12.5. The Kier molecular flexibility index (Phi) is 3.30. The van der Waals surface area contributed by atoms with Crippen LogP contribution in [0.2, 0.25) is 0 Å². The molecular formula is C18H14FN. The highest BCUT2D eigenvalue weighted by molar-refractivity contribution is 5.73. The smallest absolute Gasteiger partial charge is 0.123 e. The second-order valence-electron chi connectivity index (χ2n) is 4.76. The molecule has 0 amide bonds. The Labute approximate surface area is 117 Å². The predicted molar refractivity (Wildman–Crippen MR) is 79.8 cm³/mol. The number of halogens is 1. The molecule has 2 aromatic carbocycles. The summed E-state index contributed by atoms with van der Waals surface area (Å²) < 4.78 is 13.2. The fraction of sp³-hybridized carbons (Fsp3) is 0.0556. The monoisotopic (exact) mass is 263 g/mol. The van der Waals surface area contributed by atoms with Crippen LogP contribution in [0.4, 0.5) is 4.39 Å². The summed E-state index contributed by atoms with van der Waals surface area (Å²) in [6, 6.07) is 18.9. The molecule has 0 saturated carbocycles. The van der Waals surface area contributed by atoms with Crippen LogP contribution in [0.5, 0.6) is 0 Å². The number of hydrogen-bond donors (Lipinski definition) is 0. The molecular weight excluding hydrogens is 249 g/mol. The van der Waals surface area contributed by atoms with E-state index in [0.29, 0.717) is 0 Å². The average molecular weight is 263 g/mol. The van der Waals surface area contributed by atoms with E-state index in [1.807, 2.05) is 49.4 Å². The molecule has 1 nitrogen and oxygen atoms in total. The lowest BCUT2D eigenvalue weighted by atomic mass is 9.98. The number of benzene rings is 2. The Morgan fingerprint density at radius 1 is 0.850 bits per heavy atom. The van der Waals surface area contributed by atoms with Crippen LogP contribution < -0.4 is 0 Å². The summed E-state index contributed by atoms with van der Waals surface area (Å²) in [5.41, 5.74) is 5.05. The van der Waals surface area contributed by atoms with Crippen LogP contribution in [0.3, 0.4) is 0 Å². The normalized spacial score (nSPS) is 10.5. The maximum atomic E-state index is 13.2. The van der Waals surface area contributed by atoms with Crippen molar-refractivity contribution in [2.45, 2.75) is 6.92 Å². The molecule has 0 fully saturated rings. The van der Waals surface area contributed by atoms with Crippen molar-refractivity contribution in [3.63, 3.8) is 0 Å².